The maximum atomic E-state index is 13.6. The molecule has 0 N–H and O–H groups in total. The molecule has 0 aromatic carbocycles. The Balaban J connectivity index is 2.10. The fraction of sp³-hybridized carbons (Fsp3) is 0.412. The molecule has 0 bridgehead atoms. The average Bonchev–Trinajstić information content (AvgIpc) is 2.35. The van der Waals surface area contributed by atoms with Crippen molar-refractivity contribution in [2.75, 3.05) is 0 Å². The second-order valence-electron chi connectivity index (χ2n) is 5.31. The lowest BCUT2D eigenvalue weighted by Crippen LogP contribution is -2.00. The van der Waals surface area contributed by atoms with E-state index < -0.39 is 0 Å². The molecule has 0 aromatic rings. The highest BCUT2D eigenvalue weighted by molar-refractivity contribution is 5.43. The van der Waals surface area contributed by atoms with Crippen LogP contribution in [0.25, 0.3) is 0 Å². The van der Waals surface area contributed by atoms with Crippen molar-refractivity contribution in [3.63, 3.8) is 0 Å². The molecular weight excluding hydrogens is 223 g/mol. The summed E-state index contributed by atoms with van der Waals surface area (Å²) in [4.78, 5) is 0. The van der Waals surface area contributed by atoms with Gasteiger partial charge in [0.05, 0.1) is 0 Å². The summed E-state index contributed by atoms with van der Waals surface area (Å²) in [5, 5.41) is 0. The Kier molecular flexibility index (Phi) is 4.00. The third-order valence-electron chi connectivity index (χ3n) is 3.93. The molecule has 0 radical (unpaired) electrons. The van der Waals surface area contributed by atoms with Crippen LogP contribution in [0.5, 0.6) is 0 Å². The van der Waals surface area contributed by atoms with Crippen LogP contribution >= 0.6 is 0 Å². The molecule has 96 valence electrons. The summed E-state index contributed by atoms with van der Waals surface area (Å²) in [6, 6.07) is 0. The van der Waals surface area contributed by atoms with E-state index in [9.17, 15) is 4.39 Å². The first-order valence-electron chi connectivity index (χ1n) is 6.67. The Morgan fingerprint density at radius 3 is 2.72 bits per heavy atom. The lowest BCUT2D eigenvalue weighted by molar-refractivity contribution is 0.629. The van der Waals surface area contributed by atoms with Gasteiger partial charge >= 0.3 is 0 Å². The fourth-order valence-corrected chi connectivity index (χ4v) is 2.48. The summed E-state index contributed by atoms with van der Waals surface area (Å²) >= 11 is 0. The van der Waals surface area contributed by atoms with Crippen molar-refractivity contribution in [1.29, 1.82) is 0 Å². The molecular formula is C17H21F. The van der Waals surface area contributed by atoms with Gasteiger partial charge in [-0.15, -0.1) is 0 Å². The van der Waals surface area contributed by atoms with E-state index in [0.29, 0.717) is 6.42 Å². The Morgan fingerprint density at radius 2 is 2.06 bits per heavy atom. The third-order valence-corrected chi connectivity index (χ3v) is 3.93. The first-order chi connectivity index (χ1) is 8.58. The van der Waals surface area contributed by atoms with E-state index in [-0.39, 0.29) is 5.83 Å². The molecule has 0 saturated heterocycles. The van der Waals surface area contributed by atoms with Crippen LogP contribution in [0.1, 0.15) is 46.0 Å². The molecule has 0 saturated carbocycles. The van der Waals surface area contributed by atoms with Gasteiger partial charge < -0.3 is 0 Å². The van der Waals surface area contributed by atoms with Gasteiger partial charge in [-0.2, -0.15) is 0 Å². The highest BCUT2D eigenvalue weighted by Gasteiger charge is 2.14. The number of rotatable bonds is 3. The van der Waals surface area contributed by atoms with Gasteiger partial charge in [0.2, 0.25) is 0 Å². The van der Waals surface area contributed by atoms with Crippen molar-refractivity contribution < 1.29 is 4.39 Å². The Bertz CT molecular complexity index is 484. The number of hydrogen-bond acceptors (Lipinski definition) is 0. The molecule has 0 heterocycles. The largest absolute Gasteiger partial charge is 0.207 e. The minimum atomic E-state index is -0.0535. The average molecular weight is 244 g/mol. The van der Waals surface area contributed by atoms with E-state index in [1.807, 2.05) is 6.08 Å². The molecule has 0 unspecified atom stereocenters. The zero-order chi connectivity index (χ0) is 13.1. The molecule has 0 aliphatic heterocycles. The molecule has 0 nitrogen and oxygen atoms in total. The van der Waals surface area contributed by atoms with Gasteiger partial charge in [0, 0.05) is 0 Å². The molecule has 2 aliphatic rings. The van der Waals surface area contributed by atoms with Crippen LogP contribution in [0, 0.1) is 0 Å². The smallest absolute Gasteiger partial charge is 0.122 e. The molecule has 0 fully saturated rings. The van der Waals surface area contributed by atoms with Crippen molar-refractivity contribution in [2.45, 2.75) is 46.0 Å². The summed E-state index contributed by atoms with van der Waals surface area (Å²) in [5.74, 6) is -0.0535. The summed E-state index contributed by atoms with van der Waals surface area (Å²) in [7, 11) is 0. The summed E-state index contributed by atoms with van der Waals surface area (Å²) in [6.45, 7) is 8.47. The summed E-state index contributed by atoms with van der Waals surface area (Å²) < 4.78 is 13.6. The van der Waals surface area contributed by atoms with Gasteiger partial charge in [-0.3, -0.25) is 0 Å². The van der Waals surface area contributed by atoms with Gasteiger partial charge in [-0.1, -0.05) is 29.9 Å². The number of halogens is 1. The molecule has 0 amide bonds. The maximum absolute atomic E-state index is 13.6. The van der Waals surface area contributed by atoms with Crippen molar-refractivity contribution in [3.05, 3.63) is 58.5 Å². The second-order valence-corrected chi connectivity index (χ2v) is 5.31. The van der Waals surface area contributed by atoms with Gasteiger partial charge in [0.25, 0.3) is 0 Å². The predicted molar refractivity (Wildman–Crippen MR) is 76.0 cm³/mol. The molecule has 2 aliphatic carbocycles. The van der Waals surface area contributed by atoms with Crippen LogP contribution in [0.4, 0.5) is 4.39 Å². The van der Waals surface area contributed by atoms with E-state index in [4.69, 9.17) is 0 Å². The highest BCUT2D eigenvalue weighted by Crippen LogP contribution is 2.33. The SMILES string of the molecule is C=C(CC1=C(F)C=CCC1)C1=CC(C)=C(C)CC1. The van der Waals surface area contributed by atoms with E-state index in [1.54, 1.807) is 6.08 Å². The van der Waals surface area contributed by atoms with Crippen LogP contribution in [0.2, 0.25) is 0 Å². The van der Waals surface area contributed by atoms with Crippen LogP contribution in [0.3, 0.4) is 0 Å². The zero-order valence-electron chi connectivity index (χ0n) is 11.4. The van der Waals surface area contributed by atoms with E-state index in [2.05, 4.69) is 26.5 Å². The molecule has 18 heavy (non-hydrogen) atoms. The monoisotopic (exact) mass is 244 g/mol. The zero-order valence-corrected chi connectivity index (χ0v) is 11.4. The quantitative estimate of drug-likeness (QED) is 0.609. The second kappa shape index (κ2) is 5.51. The Hall–Kier alpha value is -1.37. The minimum Gasteiger partial charge on any atom is -0.207 e. The standard InChI is InChI=1S/C17H21F/c1-12-8-9-15(10-13(12)2)14(3)11-16-6-4-5-7-17(16)18/h5,7,10H,3-4,6,8-9,11H2,1-2H3. The van der Waals surface area contributed by atoms with Gasteiger partial charge in [-0.25, -0.2) is 4.39 Å². The molecule has 0 aromatic heterocycles. The van der Waals surface area contributed by atoms with Gasteiger partial charge in [-0.05, 0) is 68.7 Å². The summed E-state index contributed by atoms with van der Waals surface area (Å²) in [5.41, 5.74) is 6.09. The van der Waals surface area contributed by atoms with E-state index in [0.717, 1.165) is 36.8 Å². The normalized spacial score (nSPS) is 20.3. The van der Waals surface area contributed by atoms with Crippen molar-refractivity contribution >= 4 is 0 Å². The molecule has 0 atom stereocenters. The molecule has 2 rings (SSSR count). The molecule has 0 spiro atoms. The lowest BCUT2D eigenvalue weighted by Gasteiger charge is -2.19. The topological polar surface area (TPSA) is 0 Å². The molecule has 1 heteroatoms. The summed E-state index contributed by atoms with van der Waals surface area (Å²) in [6.07, 6.45) is 10.3. The Labute approximate surface area is 109 Å². The predicted octanol–water partition coefficient (Wildman–Crippen LogP) is 5.56. The first-order valence-corrected chi connectivity index (χ1v) is 6.67. The first kappa shape index (κ1) is 13.1. The van der Waals surface area contributed by atoms with Gasteiger partial charge in [0.1, 0.15) is 5.83 Å². The lowest BCUT2D eigenvalue weighted by atomic mass is 9.86. The van der Waals surface area contributed by atoms with Crippen LogP contribution < -0.4 is 0 Å². The third kappa shape index (κ3) is 2.90. The minimum absolute atomic E-state index is 0.0535. The number of allylic oxidation sites excluding steroid dienone is 9. The van der Waals surface area contributed by atoms with Crippen LogP contribution in [0.15, 0.2) is 58.5 Å². The van der Waals surface area contributed by atoms with Gasteiger partial charge in [0.15, 0.2) is 0 Å². The van der Waals surface area contributed by atoms with Crippen molar-refractivity contribution in [3.8, 4) is 0 Å². The van der Waals surface area contributed by atoms with Crippen molar-refractivity contribution in [2.24, 2.45) is 0 Å². The van der Waals surface area contributed by atoms with Crippen LogP contribution in [-0.2, 0) is 0 Å². The number of hydrogen-bond donors (Lipinski definition) is 0. The van der Waals surface area contributed by atoms with E-state index >= 15 is 0 Å². The Morgan fingerprint density at radius 1 is 1.28 bits per heavy atom. The van der Waals surface area contributed by atoms with Crippen molar-refractivity contribution in [1.82, 2.24) is 0 Å². The fourth-order valence-electron chi connectivity index (χ4n) is 2.48. The van der Waals surface area contributed by atoms with E-state index in [1.165, 1.54) is 16.7 Å². The highest BCUT2D eigenvalue weighted by atomic mass is 19.1. The maximum Gasteiger partial charge on any atom is 0.122 e. The van der Waals surface area contributed by atoms with Crippen LogP contribution in [-0.4, -0.2) is 0 Å².